The van der Waals surface area contributed by atoms with Crippen LogP contribution in [0.3, 0.4) is 0 Å². The lowest BCUT2D eigenvalue weighted by molar-refractivity contribution is -0.124. The van der Waals surface area contributed by atoms with Crippen molar-refractivity contribution in [2.75, 3.05) is 12.3 Å². The van der Waals surface area contributed by atoms with E-state index in [1.165, 1.54) is 0 Å². The summed E-state index contributed by atoms with van der Waals surface area (Å²) in [6, 6.07) is 14.6. The molecule has 1 heterocycles. The maximum Gasteiger partial charge on any atom is 0.258 e. The summed E-state index contributed by atoms with van der Waals surface area (Å²) in [5.41, 5.74) is 7.08. The van der Waals surface area contributed by atoms with Gasteiger partial charge in [0.05, 0.1) is 6.04 Å². The number of nitrogen functional groups attached to an aromatic ring is 1. The molecule has 5 nitrogen and oxygen atoms in total. The number of ether oxygens (including phenoxy) is 2. The summed E-state index contributed by atoms with van der Waals surface area (Å²) in [6.45, 7) is 3.98. The summed E-state index contributed by atoms with van der Waals surface area (Å²) in [7, 11) is 0. The number of hydrogen-bond acceptors (Lipinski definition) is 4. The molecule has 0 bridgehead atoms. The number of rotatable bonds is 4. The standard InChI is InChI=1S/C19H22N2O3/c1-19(2)11-16(15-10-13(20)8-9-17(15)24-19)21-18(22)12-23-14-6-4-3-5-7-14/h3-10,16H,11-12,20H2,1-2H3,(H,21,22). The molecule has 5 heteroatoms. The Morgan fingerprint density at radius 2 is 2.04 bits per heavy atom. The summed E-state index contributed by atoms with van der Waals surface area (Å²) in [5, 5.41) is 3.03. The predicted octanol–water partition coefficient (Wildman–Crippen LogP) is 3.07. The van der Waals surface area contributed by atoms with Gasteiger partial charge < -0.3 is 20.5 Å². The molecule has 126 valence electrons. The van der Waals surface area contributed by atoms with Crippen LogP contribution in [0.4, 0.5) is 5.69 Å². The smallest absolute Gasteiger partial charge is 0.258 e. The molecule has 1 unspecified atom stereocenters. The second-order valence-electron chi connectivity index (χ2n) is 6.58. The van der Waals surface area contributed by atoms with Gasteiger partial charge in [-0.25, -0.2) is 0 Å². The average Bonchev–Trinajstić information content (AvgIpc) is 2.54. The fraction of sp³-hybridized carbons (Fsp3) is 0.316. The van der Waals surface area contributed by atoms with E-state index < -0.39 is 0 Å². The van der Waals surface area contributed by atoms with Gasteiger partial charge in [-0.2, -0.15) is 0 Å². The number of nitrogens with one attached hydrogen (secondary N) is 1. The number of carbonyl (C=O) groups excluding carboxylic acids is 1. The maximum atomic E-state index is 12.3. The minimum atomic E-state index is -0.360. The Balaban J connectivity index is 1.70. The van der Waals surface area contributed by atoms with Gasteiger partial charge >= 0.3 is 0 Å². The van der Waals surface area contributed by atoms with Gasteiger partial charge in [-0.05, 0) is 44.2 Å². The quantitative estimate of drug-likeness (QED) is 0.847. The lowest BCUT2D eigenvalue weighted by Crippen LogP contribution is -2.42. The first-order valence-corrected chi connectivity index (χ1v) is 7.99. The zero-order valence-corrected chi connectivity index (χ0v) is 13.9. The van der Waals surface area contributed by atoms with Crippen molar-refractivity contribution in [2.45, 2.75) is 31.9 Å². The number of fused-ring (bicyclic) bond motifs is 1. The first kappa shape index (κ1) is 16.2. The van der Waals surface area contributed by atoms with E-state index >= 15 is 0 Å². The number of nitrogens with two attached hydrogens (primary N) is 1. The van der Waals surface area contributed by atoms with Gasteiger partial charge in [0.25, 0.3) is 5.91 Å². The SMILES string of the molecule is CC1(C)CC(NC(=O)COc2ccccc2)c2cc(N)ccc2O1. The van der Waals surface area contributed by atoms with Crippen LogP contribution in [-0.4, -0.2) is 18.1 Å². The van der Waals surface area contributed by atoms with E-state index in [-0.39, 0.29) is 24.2 Å². The molecule has 3 N–H and O–H groups in total. The Labute approximate surface area is 141 Å². The first-order chi connectivity index (χ1) is 11.4. The van der Waals surface area contributed by atoms with Gasteiger partial charge in [0.15, 0.2) is 6.61 Å². The van der Waals surface area contributed by atoms with E-state index in [2.05, 4.69) is 5.32 Å². The van der Waals surface area contributed by atoms with E-state index in [1.54, 1.807) is 6.07 Å². The van der Waals surface area contributed by atoms with E-state index in [9.17, 15) is 4.79 Å². The number of hydrogen-bond donors (Lipinski definition) is 2. The van der Waals surface area contributed by atoms with Crippen molar-refractivity contribution in [3.05, 3.63) is 54.1 Å². The van der Waals surface area contributed by atoms with Gasteiger partial charge in [-0.15, -0.1) is 0 Å². The zero-order valence-electron chi connectivity index (χ0n) is 13.9. The van der Waals surface area contributed by atoms with E-state index in [0.29, 0.717) is 17.9 Å². The molecular weight excluding hydrogens is 304 g/mol. The fourth-order valence-electron chi connectivity index (χ4n) is 2.90. The molecule has 0 spiro atoms. The van der Waals surface area contributed by atoms with Crippen LogP contribution < -0.4 is 20.5 Å². The van der Waals surface area contributed by atoms with E-state index in [1.807, 2.05) is 56.3 Å². The predicted molar refractivity (Wildman–Crippen MR) is 93.0 cm³/mol. The van der Waals surface area contributed by atoms with Crippen LogP contribution >= 0.6 is 0 Å². The molecule has 0 saturated carbocycles. The minimum Gasteiger partial charge on any atom is -0.487 e. The monoisotopic (exact) mass is 326 g/mol. The molecule has 1 amide bonds. The lowest BCUT2D eigenvalue weighted by Gasteiger charge is -2.38. The number of carbonyl (C=O) groups is 1. The Hall–Kier alpha value is -2.69. The highest BCUT2D eigenvalue weighted by atomic mass is 16.5. The van der Waals surface area contributed by atoms with Crippen LogP contribution in [0, 0.1) is 0 Å². The summed E-state index contributed by atoms with van der Waals surface area (Å²) < 4.78 is 11.5. The first-order valence-electron chi connectivity index (χ1n) is 7.99. The Bertz CT molecular complexity index is 729. The highest BCUT2D eigenvalue weighted by molar-refractivity contribution is 5.78. The van der Waals surface area contributed by atoms with Crippen molar-refractivity contribution < 1.29 is 14.3 Å². The highest BCUT2D eigenvalue weighted by Crippen LogP contribution is 2.40. The van der Waals surface area contributed by atoms with E-state index in [0.717, 1.165) is 11.3 Å². The Morgan fingerprint density at radius 3 is 2.79 bits per heavy atom. The number of anilines is 1. The summed E-state index contributed by atoms with van der Waals surface area (Å²) in [6.07, 6.45) is 0.667. The van der Waals surface area contributed by atoms with Gasteiger partial charge in [0, 0.05) is 17.7 Å². The maximum absolute atomic E-state index is 12.3. The van der Waals surface area contributed by atoms with Crippen molar-refractivity contribution in [3.8, 4) is 11.5 Å². The molecule has 0 saturated heterocycles. The molecule has 2 aromatic carbocycles. The van der Waals surface area contributed by atoms with Crippen LogP contribution in [0.15, 0.2) is 48.5 Å². The van der Waals surface area contributed by atoms with Crippen molar-refractivity contribution in [2.24, 2.45) is 0 Å². The molecule has 1 atom stereocenters. The summed E-state index contributed by atoms with van der Waals surface area (Å²) >= 11 is 0. The second kappa shape index (κ2) is 6.43. The van der Waals surface area contributed by atoms with Gasteiger partial charge in [0.1, 0.15) is 17.1 Å². The molecule has 0 aliphatic carbocycles. The van der Waals surface area contributed by atoms with Crippen LogP contribution in [0.5, 0.6) is 11.5 Å². The molecule has 0 fully saturated rings. The van der Waals surface area contributed by atoms with Crippen molar-refractivity contribution in [1.82, 2.24) is 5.32 Å². The number of para-hydroxylation sites is 1. The van der Waals surface area contributed by atoms with Crippen LogP contribution in [0.25, 0.3) is 0 Å². The largest absolute Gasteiger partial charge is 0.487 e. The van der Waals surface area contributed by atoms with Gasteiger partial charge in [-0.3, -0.25) is 4.79 Å². The molecule has 3 rings (SSSR count). The fourth-order valence-corrected chi connectivity index (χ4v) is 2.90. The Morgan fingerprint density at radius 1 is 1.29 bits per heavy atom. The Kier molecular flexibility index (Phi) is 4.34. The molecule has 24 heavy (non-hydrogen) atoms. The van der Waals surface area contributed by atoms with Crippen molar-refractivity contribution in [1.29, 1.82) is 0 Å². The third-order valence-electron chi connectivity index (χ3n) is 3.94. The lowest BCUT2D eigenvalue weighted by atomic mass is 9.89. The molecule has 0 aromatic heterocycles. The summed E-state index contributed by atoms with van der Waals surface area (Å²) in [5.74, 6) is 1.26. The zero-order chi connectivity index (χ0) is 17.2. The third kappa shape index (κ3) is 3.79. The molecular formula is C19H22N2O3. The van der Waals surface area contributed by atoms with Gasteiger partial charge in [0.2, 0.25) is 0 Å². The van der Waals surface area contributed by atoms with Crippen LogP contribution in [0.1, 0.15) is 31.9 Å². The minimum absolute atomic E-state index is 0.0283. The normalized spacial score (nSPS) is 18.2. The van der Waals surface area contributed by atoms with E-state index in [4.69, 9.17) is 15.2 Å². The second-order valence-corrected chi connectivity index (χ2v) is 6.58. The number of amides is 1. The molecule has 0 radical (unpaired) electrons. The third-order valence-corrected chi connectivity index (χ3v) is 3.94. The molecule has 2 aromatic rings. The van der Waals surface area contributed by atoms with Gasteiger partial charge in [-0.1, -0.05) is 18.2 Å². The van der Waals surface area contributed by atoms with Crippen LogP contribution in [0.2, 0.25) is 0 Å². The van der Waals surface area contributed by atoms with Crippen LogP contribution in [-0.2, 0) is 4.79 Å². The number of benzene rings is 2. The average molecular weight is 326 g/mol. The molecule has 1 aliphatic rings. The van der Waals surface area contributed by atoms with Crippen molar-refractivity contribution in [3.63, 3.8) is 0 Å². The van der Waals surface area contributed by atoms with Crippen molar-refractivity contribution >= 4 is 11.6 Å². The topological polar surface area (TPSA) is 73.6 Å². The molecule has 1 aliphatic heterocycles. The highest BCUT2D eigenvalue weighted by Gasteiger charge is 2.34. The summed E-state index contributed by atoms with van der Waals surface area (Å²) in [4.78, 5) is 12.3.